The second kappa shape index (κ2) is 10.9. The second-order valence-electron chi connectivity index (χ2n) is 13.3. The first kappa shape index (κ1) is 27.8. The predicted octanol–water partition coefficient (Wildman–Crippen LogP) is 12.0. The molecule has 0 aliphatic heterocycles. The van der Waals surface area contributed by atoms with Crippen LogP contribution in [0.4, 0.5) is 0 Å². The van der Waals surface area contributed by atoms with Gasteiger partial charge in [0.05, 0.1) is 11.0 Å². The molecule has 1 aliphatic carbocycles. The van der Waals surface area contributed by atoms with E-state index >= 15 is 0 Å². The summed E-state index contributed by atoms with van der Waals surface area (Å²) in [4.78, 5) is 0. The fraction of sp³-hybridized carbons (Fsp3) is 0.0638. The molecular weight excluding hydrogens is 593 g/mol. The van der Waals surface area contributed by atoms with E-state index in [0.717, 1.165) is 17.6 Å². The molecule has 1 aliphatic rings. The van der Waals surface area contributed by atoms with Crippen molar-refractivity contribution in [1.29, 1.82) is 0 Å². The van der Waals surface area contributed by atoms with Gasteiger partial charge in [-0.3, -0.25) is 0 Å². The standard InChI is InChI=1S/C47H32N2/c1-31-15-24-41-43-30-37(19-25-45(43)48(47(41)27-31)38-21-16-34(17-22-38)32-9-3-2-4-10-32)36-20-26-46-42(29-36)40-13-7-8-14-44(40)49(46)39-23-18-33-11-5-6-12-35(33)28-39/h2-7,9-13,15-26,28-31H,27H2,1H3. The Morgan fingerprint density at radius 3 is 2.04 bits per heavy atom. The molecule has 0 saturated carbocycles. The topological polar surface area (TPSA) is 9.86 Å². The highest BCUT2D eigenvalue weighted by Gasteiger charge is 2.22. The lowest BCUT2D eigenvalue weighted by Gasteiger charge is -2.17. The van der Waals surface area contributed by atoms with E-state index in [1.54, 1.807) is 0 Å². The van der Waals surface area contributed by atoms with E-state index < -0.39 is 0 Å². The van der Waals surface area contributed by atoms with Crippen LogP contribution in [0.5, 0.6) is 0 Å². The zero-order chi connectivity index (χ0) is 32.5. The van der Waals surface area contributed by atoms with Gasteiger partial charge in [0, 0.05) is 38.8 Å². The molecule has 0 amide bonds. The molecule has 0 N–H and O–H groups in total. The van der Waals surface area contributed by atoms with Crippen LogP contribution in [0.3, 0.4) is 0 Å². The summed E-state index contributed by atoms with van der Waals surface area (Å²) in [5, 5.41) is 6.17. The Bertz CT molecular complexity index is 2740. The second-order valence-corrected chi connectivity index (χ2v) is 13.3. The smallest absolute Gasteiger partial charge is 0.105 e. The van der Waals surface area contributed by atoms with Gasteiger partial charge >= 0.3 is 0 Å². The van der Waals surface area contributed by atoms with Crippen molar-refractivity contribution in [2.45, 2.75) is 13.3 Å². The van der Waals surface area contributed by atoms with Gasteiger partial charge in [0.1, 0.15) is 5.52 Å². The predicted molar refractivity (Wildman–Crippen MR) is 206 cm³/mol. The van der Waals surface area contributed by atoms with E-state index in [4.69, 9.17) is 0 Å². The van der Waals surface area contributed by atoms with Crippen LogP contribution in [-0.4, -0.2) is 9.13 Å². The first-order valence-electron chi connectivity index (χ1n) is 17.1. The molecule has 230 valence electrons. The van der Waals surface area contributed by atoms with E-state index in [1.165, 1.54) is 77.2 Å². The van der Waals surface area contributed by atoms with E-state index in [1.807, 2.05) is 6.07 Å². The first-order valence-corrected chi connectivity index (χ1v) is 17.1. The van der Waals surface area contributed by atoms with E-state index in [0.29, 0.717) is 5.92 Å². The van der Waals surface area contributed by atoms with Gasteiger partial charge in [-0.25, -0.2) is 0 Å². The monoisotopic (exact) mass is 624 g/mol. The molecule has 2 heterocycles. The number of fused-ring (bicyclic) bond motifs is 7. The molecule has 0 spiro atoms. The minimum absolute atomic E-state index is 0.495. The highest BCUT2D eigenvalue weighted by Crippen LogP contribution is 2.40. The summed E-state index contributed by atoms with van der Waals surface area (Å²) in [6.45, 7) is 2.31. The molecule has 7 aromatic carbocycles. The third kappa shape index (κ3) is 4.44. The van der Waals surface area contributed by atoms with Crippen LogP contribution in [-0.2, 0) is 6.42 Å². The lowest BCUT2D eigenvalue weighted by Crippen LogP contribution is -2.08. The Morgan fingerprint density at radius 1 is 0.551 bits per heavy atom. The van der Waals surface area contributed by atoms with Crippen molar-refractivity contribution >= 4 is 49.6 Å². The highest BCUT2D eigenvalue weighted by molar-refractivity contribution is 6.10. The van der Waals surface area contributed by atoms with Gasteiger partial charge in [-0.05, 0) is 112 Å². The van der Waals surface area contributed by atoms with E-state index in [9.17, 15) is 0 Å². The number of hydrogen-bond acceptors (Lipinski definition) is 0. The molecule has 1 atom stereocenters. The van der Waals surface area contributed by atoms with Gasteiger partial charge in [-0.2, -0.15) is 0 Å². The lowest BCUT2D eigenvalue weighted by molar-refractivity contribution is 0.690. The molecule has 0 saturated heterocycles. The van der Waals surface area contributed by atoms with Crippen LogP contribution in [0.1, 0.15) is 18.2 Å². The molecule has 49 heavy (non-hydrogen) atoms. The van der Waals surface area contributed by atoms with Crippen LogP contribution in [0.2, 0.25) is 0 Å². The average Bonchev–Trinajstić information content (AvgIpc) is 3.66. The van der Waals surface area contributed by atoms with Crippen molar-refractivity contribution in [3.05, 3.63) is 175 Å². The van der Waals surface area contributed by atoms with Crippen LogP contribution in [0.15, 0.2) is 152 Å². The largest absolute Gasteiger partial charge is 0.313 e. The molecule has 1 unspecified atom stereocenters. The van der Waals surface area contributed by atoms with Crippen molar-refractivity contribution in [3.8, 4) is 33.6 Å². The van der Waals surface area contributed by atoms with Gasteiger partial charge in [-0.1, -0.05) is 110 Å². The maximum atomic E-state index is 3.44. The highest BCUT2D eigenvalue weighted by atomic mass is 15.0. The van der Waals surface area contributed by atoms with Crippen molar-refractivity contribution in [2.75, 3.05) is 0 Å². The van der Waals surface area contributed by atoms with Gasteiger partial charge in [0.15, 0.2) is 0 Å². The maximum absolute atomic E-state index is 3.44. The molecule has 2 nitrogen and oxygen atoms in total. The molecule has 10 rings (SSSR count). The fourth-order valence-electron chi connectivity index (χ4n) is 7.90. The number of rotatable bonds is 4. The Labute approximate surface area is 285 Å². The van der Waals surface area contributed by atoms with Crippen molar-refractivity contribution in [2.24, 2.45) is 5.92 Å². The number of hydrogen-bond donors (Lipinski definition) is 0. The van der Waals surface area contributed by atoms with Crippen molar-refractivity contribution in [1.82, 2.24) is 9.13 Å². The summed E-state index contributed by atoms with van der Waals surface area (Å²) in [5.74, 6) is 0.495. The number of aromatic nitrogens is 2. The molecule has 0 radical (unpaired) electrons. The van der Waals surface area contributed by atoms with Gasteiger partial charge in [0.25, 0.3) is 0 Å². The Kier molecular flexibility index (Phi) is 6.16. The lowest BCUT2D eigenvalue weighted by atomic mass is 9.93. The summed E-state index contributed by atoms with van der Waals surface area (Å²) in [6, 6.07) is 59.6. The van der Waals surface area contributed by atoms with Gasteiger partial charge in [0.2, 0.25) is 0 Å². The zero-order valence-electron chi connectivity index (χ0n) is 27.2. The Hall–Kier alpha value is -6.30. The van der Waals surface area contributed by atoms with Crippen LogP contribution < -0.4 is 0 Å². The minimum Gasteiger partial charge on any atom is -0.313 e. The quantitative estimate of drug-likeness (QED) is 0.184. The van der Waals surface area contributed by atoms with E-state index in [2.05, 4.69) is 180 Å². The number of nitrogens with zero attached hydrogens (tertiary/aromatic N) is 2. The average molecular weight is 625 g/mol. The fourth-order valence-corrected chi connectivity index (χ4v) is 7.90. The normalized spacial score (nSPS) is 14.1. The maximum Gasteiger partial charge on any atom is 0.105 e. The summed E-state index contributed by atoms with van der Waals surface area (Å²) in [7, 11) is 0. The SMILES string of the molecule is CC1C=Cc2c(n(-c3ccc(-c4ccccc4)cc3)c3ccc(-c4ccc5c(c4)c4ccc#cc4n5-c4ccc5ccccc5c4)cc23)C1. The van der Waals surface area contributed by atoms with Crippen molar-refractivity contribution < 1.29 is 0 Å². The molecule has 9 aromatic rings. The summed E-state index contributed by atoms with van der Waals surface area (Å²) >= 11 is 0. The van der Waals surface area contributed by atoms with Crippen LogP contribution >= 0.6 is 0 Å². The third-order valence-corrected chi connectivity index (χ3v) is 10.3. The number of benzene rings is 6. The molecular formula is C47H32N2. The number of allylic oxidation sites excluding steroid dienone is 1. The molecule has 0 bridgehead atoms. The van der Waals surface area contributed by atoms with Crippen LogP contribution in [0.25, 0.3) is 83.2 Å². The van der Waals surface area contributed by atoms with E-state index in [-0.39, 0.29) is 0 Å². The molecule has 2 heteroatoms. The summed E-state index contributed by atoms with van der Waals surface area (Å²) < 4.78 is 4.81. The van der Waals surface area contributed by atoms with Crippen molar-refractivity contribution in [3.63, 3.8) is 0 Å². The molecule has 0 fully saturated rings. The first-order chi connectivity index (χ1) is 24.2. The Morgan fingerprint density at radius 2 is 1.22 bits per heavy atom. The van der Waals surface area contributed by atoms with Crippen LogP contribution in [0, 0.1) is 18.1 Å². The zero-order valence-corrected chi connectivity index (χ0v) is 27.2. The summed E-state index contributed by atoms with van der Waals surface area (Å²) in [5.41, 5.74) is 13.4. The molecule has 2 aromatic heterocycles. The van der Waals surface area contributed by atoms with Gasteiger partial charge < -0.3 is 9.13 Å². The summed E-state index contributed by atoms with van der Waals surface area (Å²) in [6.07, 6.45) is 5.72. The third-order valence-electron chi connectivity index (χ3n) is 10.3. The van der Waals surface area contributed by atoms with Gasteiger partial charge in [-0.15, -0.1) is 0 Å². The minimum atomic E-state index is 0.495. The Balaban J connectivity index is 1.11.